The fraction of sp³-hybridized carbons (Fsp3) is 0.385. The van der Waals surface area contributed by atoms with Gasteiger partial charge in [-0.25, -0.2) is 0 Å². The lowest BCUT2D eigenvalue weighted by atomic mass is 10.1. The lowest BCUT2D eigenvalue weighted by Gasteiger charge is -2.01. The van der Waals surface area contributed by atoms with Gasteiger partial charge in [0.25, 0.3) is 0 Å². The van der Waals surface area contributed by atoms with E-state index in [0.717, 1.165) is 5.56 Å². The van der Waals surface area contributed by atoms with Crippen molar-refractivity contribution in [2.75, 3.05) is 13.2 Å². The second-order valence-corrected chi connectivity index (χ2v) is 3.55. The average molecular weight is 220 g/mol. The molecular formula is C13H16O3. The summed E-state index contributed by atoms with van der Waals surface area (Å²) >= 11 is 0. The van der Waals surface area contributed by atoms with E-state index in [1.807, 2.05) is 37.3 Å². The first-order chi connectivity index (χ1) is 7.72. The van der Waals surface area contributed by atoms with Crippen molar-refractivity contribution in [1.82, 2.24) is 0 Å². The number of Topliss-reactive ketones (excluding diaryl/α,β-unsaturated/α-hetero) is 2. The summed E-state index contributed by atoms with van der Waals surface area (Å²) in [6.07, 6.45) is 0.285. The lowest BCUT2D eigenvalue weighted by Crippen LogP contribution is -2.15. The van der Waals surface area contributed by atoms with Crippen LogP contribution < -0.4 is 0 Å². The Morgan fingerprint density at radius 1 is 1.12 bits per heavy atom. The van der Waals surface area contributed by atoms with Gasteiger partial charge in [-0.15, -0.1) is 0 Å². The van der Waals surface area contributed by atoms with E-state index in [1.54, 1.807) is 0 Å². The highest BCUT2D eigenvalue weighted by atomic mass is 16.5. The van der Waals surface area contributed by atoms with E-state index >= 15 is 0 Å². The maximum Gasteiger partial charge on any atom is 0.165 e. The van der Waals surface area contributed by atoms with Crippen molar-refractivity contribution >= 4 is 11.6 Å². The Hall–Kier alpha value is -1.48. The summed E-state index contributed by atoms with van der Waals surface area (Å²) in [5.41, 5.74) is 0.941. The number of benzene rings is 1. The summed E-state index contributed by atoms with van der Waals surface area (Å²) in [6.45, 7) is 2.36. The first-order valence-electron chi connectivity index (χ1n) is 5.37. The average Bonchev–Trinajstić information content (AvgIpc) is 2.27. The Balaban J connectivity index is 2.34. The summed E-state index contributed by atoms with van der Waals surface area (Å²) in [4.78, 5) is 22.8. The van der Waals surface area contributed by atoms with E-state index in [0.29, 0.717) is 13.0 Å². The van der Waals surface area contributed by atoms with Gasteiger partial charge in [-0.3, -0.25) is 9.59 Å². The molecule has 0 aliphatic rings. The van der Waals surface area contributed by atoms with Crippen molar-refractivity contribution in [3.63, 3.8) is 0 Å². The molecule has 0 aliphatic carbocycles. The predicted octanol–water partition coefficient (Wildman–Crippen LogP) is 1.79. The highest BCUT2D eigenvalue weighted by Crippen LogP contribution is 2.02. The van der Waals surface area contributed by atoms with Crippen LogP contribution in [0.15, 0.2) is 30.3 Å². The first-order valence-corrected chi connectivity index (χ1v) is 5.37. The van der Waals surface area contributed by atoms with Gasteiger partial charge < -0.3 is 4.74 Å². The van der Waals surface area contributed by atoms with Crippen LogP contribution in [-0.2, 0) is 20.7 Å². The second kappa shape index (κ2) is 6.90. The molecule has 1 aromatic carbocycles. The molecule has 0 spiro atoms. The Morgan fingerprint density at radius 2 is 1.81 bits per heavy atom. The standard InChI is InChI=1S/C13H16O3/c1-2-16-10-13(15)9-12(14)8-11-6-4-3-5-7-11/h3-7H,2,8-10H2,1H3. The summed E-state index contributed by atoms with van der Waals surface area (Å²) in [5, 5.41) is 0. The molecule has 1 aromatic rings. The summed E-state index contributed by atoms with van der Waals surface area (Å²) in [5.74, 6) is -0.210. The Labute approximate surface area is 95.4 Å². The number of carbonyl (C=O) groups excluding carboxylic acids is 2. The van der Waals surface area contributed by atoms with E-state index in [-0.39, 0.29) is 24.6 Å². The number of hydrogen-bond acceptors (Lipinski definition) is 3. The van der Waals surface area contributed by atoms with Crippen molar-refractivity contribution in [3.05, 3.63) is 35.9 Å². The molecule has 86 valence electrons. The van der Waals surface area contributed by atoms with E-state index in [4.69, 9.17) is 4.74 Å². The van der Waals surface area contributed by atoms with Crippen molar-refractivity contribution in [1.29, 1.82) is 0 Å². The molecule has 0 N–H and O–H groups in total. The van der Waals surface area contributed by atoms with E-state index in [2.05, 4.69) is 0 Å². The molecule has 0 heterocycles. The van der Waals surface area contributed by atoms with Crippen molar-refractivity contribution in [2.45, 2.75) is 19.8 Å². The number of ether oxygens (including phenoxy) is 1. The molecule has 0 aliphatic heterocycles. The number of ketones is 2. The van der Waals surface area contributed by atoms with Crippen LogP contribution >= 0.6 is 0 Å². The molecule has 3 nitrogen and oxygen atoms in total. The fourth-order valence-corrected chi connectivity index (χ4v) is 1.37. The minimum Gasteiger partial charge on any atom is -0.374 e. The molecule has 3 heteroatoms. The minimum absolute atomic E-state index is 0.0328. The molecule has 1 rings (SSSR count). The number of rotatable bonds is 7. The quantitative estimate of drug-likeness (QED) is 0.658. The third kappa shape index (κ3) is 4.84. The molecule has 16 heavy (non-hydrogen) atoms. The Kier molecular flexibility index (Phi) is 5.43. The first kappa shape index (κ1) is 12.6. The highest BCUT2D eigenvalue weighted by Gasteiger charge is 2.09. The van der Waals surface area contributed by atoms with Crippen LogP contribution in [0.4, 0.5) is 0 Å². The van der Waals surface area contributed by atoms with Gasteiger partial charge in [0, 0.05) is 13.0 Å². The topological polar surface area (TPSA) is 43.4 Å². The van der Waals surface area contributed by atoms with E-state index in [1.165, 1.54) is 0 Å². The monoisotopic (exact) mass is 220 g/mol. The number of hydrogen-bond donors (Lipinski definition) is 0. The molecule has 0 bridgehead atoms. The SMILES string of the molecule is CCOCC(=O)CC(=O)Cc1ccccc1. The van der Waals surface area contributed by atoms with Crippen LogP contribution in [0.2, 0.25) is 0 Å². The highest BCUT2D eigenvalue weighted by molar-refractivity contribution is 6.00. The number of carbonyl (C=O) groups is 2. The zero-order valence-electron chi connectivity index (χ0n) is 9.44. The van der Waals surface area contributed by atoms with Gasteiger partial charge in [0.15, 0.2) is 5.78 Å². The van der Waals surface area contributed by atoms with Gasteiger partial charge in [0.2, 0.25) is 0 Å². The Bertz CT molecular complexity index is 343. The van der Waals surface area contributed by atoms with Crippen molar-refractivity contribution in [3.8, 4) is 0 Å². The Morgan fingerprint density at radius 3 is 2.44 bits per heavy atom. The van der Waals surface area contributed by atoms with Crippen LogP contribution in [0.1, 0.15) is 18.9 Å². The van der Waals surface area contributed by atoms with Gasteiger partial charge in [-0.2, -0.15) is 0 Å². The molecule has 0 aromatic heterocycles. The summed E-state index contributed by atoms with van der Waals surface area (Å²) in [7, 11) is 0. The van der Waals surface area contributed by atoms with Crippen LogP contribution in [-0.4, -0.2) is 24.8 Å². The van der Waals surface area contributed by atoms with E-state index < -0.39 is 0 Å². The van der Waals surface area contributed by atoms with Gasteiger partial charge >= 0.3 is 0 Å². The summed E-state index contributed by atoms with van der Waals surface area (Å²) < 4.78 is 4.94. The third-order valence-corrected chi connectivity index (χ3v) is 2.11. The molecule has 0 saturated heterocycles. The molecule has 0 atom stereocenters. The fourth-order valence-electron chi connectivity index (χ4n) is 1.37. The smallest absolute Gasteiger partial charge is 0.165 e. The van der Waals surface area contributed by atoms with Crippen LogP contribution in [0.3, 0.4) is 0 Å². The second-order valence-electron chi connectivity index (χ2n) is 3.55. The van der Waals surface area contributed by atoms with Crippen LogP contribution in [0.5, 0.6) is 0 Å². The van der Waals surface area contributed by atoms with Gasteiger partial charge in [0.05, 0.1) is 6.42 Å². The molecule has 0 unspecified atom stereocenters. The van der Waals surface area contributed by atoms with Gasteiger partial charge in [-0.1, -0.05) is 30.3 Å². The summed E-state index contributed by atoms with van der Waals surface area (Å²) in [6, 6.07) is 9.42. The normalized spacial score (nSPS) is 10.1. The van der Waals surface area contributed by atoms with Crippen LogP contribution in [0, 0.1) is 0 Å². The lowest BCUT2D eigenvalue weighted by molar-refractivity contribution is -0.129. The minimum atomic E-state index is -0.150. The molecule has 0 fully saturated rings. The van der Waals surface area contributed by atoms with Crippen molar-refractivity contribution < 1.29 is 14.3 Å². The van der Waals surface area contributed by atoms with Crippen molar-refractivity contribution in [2.24, 2.45) is 0 Å². The van der Waals surface area contributed by atoms with Crippen LogP contribution in [0.25, 0.3) is 0 Å². The van der Waals surface area contributed by atoms with Gasteiger partial charge in [-0.05, 0) is 12.5 Å². The predicted molar refractivity (Wildman–Crippen MR) is 61.3 cm³/mol. The molecule has 0 radical (unpaired) electrons. The maximum atomic E-state index is 11.5. The molecular weight excluding hydrogens is 204 g/mol. The van der Waals surface area contributed by atoms with Gasteiger partial charge in [0.1, 0.15) is 12.4 Å². The zero-order chi connectivity index (χ0) is 11.8. The largest absolute Gasteiger partial charge is 0.374 e. The molecule has 0 saturated carbocycles. The third-order valence-electron chi connectivity index (χ3n) is 2.11. The zero-order valence-corrected chi connectivity index (χ0v) is 9.44. The van der Waals surface area contributed by atoms with E-state index in [9.17, 15) is 9.59 Å². The maximum absolute atomic E-state index is 11.5. The molecule has 0 amide bonds.